The second kappa shape index (κ2) is 6.74. The number of aliphatic hydroxyl groups is 2. The molecule has 0 aliphatic carbocycles. The van der Waals surface area contributed by atoms with E-state index in [1.165, 1.54) is 0 Å². The molecule has 0 unspecified atom stereocenters. The van der Waals surface area contributed by atoms with Gasteiger partial charge < -0.3 is 19.7 Å². The number of allylic oxidation sites excluding steroid dienone is 2. The van der Waals surface area contributed by atoms with Crippen molar-refractivity contribution >= 4 is 0 Å². The lowest BCUT2D eigenvalue weighted by Crippen LogP contribution is -2.07. The summed E-state index contributed by atoms with van der Waals surface area (Å²) >= 11 is 0. The quantitative estimate of drug-likeness (QED) is 0.658. The van der Waals surface area contributed by atoms with Crippen molar-refractivity contribution in [2.75, 3.05) is 19.8 Å². The van der Waals surface area contributed by atoms with Crippen molar-refractivity contribution in [3.63, 3.8) is 0 Å². The minimum atomic E-state index is -0.785. The molecule has 0 aromatic heterocycles. The molecule has 1 fully saturated rings. The van der Waals surface area contributed by atoms with Crippen LogP contribution < -0.4 is 0 Å². The number of rotatable bonds is 5. The van der Waals surface area contributed by atoms with Gasteiger partial charge in [-0.25, -0.2) is 0 Å². The van der Waals surface area contributed by atoms with E-state index in [9.17, 15) is 0 Å². The summed E-state index contributed by atoms with van der Waals surface area (Å²) in [6.45, 7) is 3.00. The lowest BCUT2D eigenvalue weighted by atomic mass is 10.2. The largest absolute Gasteiger partial charge is 0.393 e. The van der Waals surface area contributed by atoms with E-state index >= 15 is 0 Å². The highest BCUT2D eigenvalue weighted by molar-refractivity contribution is 5.17. The van der Waals surface area contributed by atoms with Crippen molar-refractivity contribution in [1.82, 2.24) is 0 Å². The fourth-order valence-corrected chi connectivity index (χ4v) is 1.22. The molecule has 0 saturated carbocycles. The van der Waals surface area contributed by atoms with E-state index in [1.807, 2.05) is 13.0 Å². The van der Waals surface area contributed by atoms with Gasteiger partial charge in [0.15, 0.2) is 6.29 Å². The van der Waals surface area contributed by atoms with Gasteiger partial charge in [-0.05, 0) is 6.92 Å². The Labute approximate surface area is 89.8 Å². The Bertz CT molecular complexity index is 229. The lowest BCUT2D eigenvalue weighted by molar-refractivity contribution is -0.0381. The average Bonchev–Trinajstić information content (AvgIpc) is 2.75. The first-order valence-electron chi connectivity index (χ1n) is 5.09. The molecule has 0 spiro atoms. The zero-order valence-electron chi connectivity index (χ0n) is 8.93. The van der Waals surface area contributed by atoms with E-state index in [0.29, 0.717) is 19.6 Å². The van der Waals surface area contributed by atoms with Crippen LogP contribution in [0.5, 0.6) is 0 Å². The van der Waals surface area contributed by atoms with Crippen LogP contribution in [0.3, 0.4) is 0 Å². The number of hydrogen-bond donors (Lipinski definition) is 2. The molecule has 15 heavy (non-hydrogen) atoms. The Kier molecular flexibility index (Phi) is 5.57. The first-order valence-corrected chi connectivity index (χ1v) is 5.09. The molecule has 0 bridgehead atoms. The summed E-state index contributed by atoms with van der Waals surface area (Å²) in [6.07, 6.45) is 5.11. The summed E-state index contributed by atoms with van der Waals surface area (Å²) in [5.74, 6) is 0. The van der Waals surface area contributed by atoms with Crippen LogP contribution in [-0.4, -0.2) is 42.4 Å². The molecule has 0 radical (unpaired) electrons. The van der Waals surface area contributed by atoms with Crippen LogP contribution in [0.4, 0.5) is 0 Å². The second-order valence-electron chi connectivity index (χ2n) is 3.46. The molecule has 86 valence electrons. The maximum atomic E-state index is 9.07. The zero-order valence-corrected chi connectivity index (χ0v) is 8.93. The fraction of sp³-hybridized carbons (Fsp3) is 0.636. The van der Waals surface area contributed by atoms with Gasteiger partial charge in [-0.15, -0.1) is 0 Å². The summed E-state index contributed by atoms with van der Waals surface area (Å²) < 4.78 is 10.5. The van der Waals surface area contributed by atoms with Gasteiger partial charge >= 0.3 is 0 Å². The normalized spacial score (nSPS) is 21.4. The molecule has 1 heterocycles. The van der Waals surface area contributed by atoms with E-state index < -0.39 is 6.10 Å². The Morgan fingerprint density at radius 1 is 1.47 bits per heavy atom. The lowest BCUT2D eigenvalue weighted by Gasteiger charge is -2.05. The molecule has 4 nitrogen and oxygen atoms in total. The van der Waals surface area contributed by atoms with Gasteiger partial charge in [0.25, 0.3) is 0 Å². The first-order chi connectivity index (χ1) is 7.22. The van der Waals surface area contributed by atoms with Gasteiger partial charge in [0.1, 0.15) is 0 Å². The summed E-state index contributed by atoms with van der Waals surface area (Å²) in [5.41, 5.74) is 1.02. The Morgan fingerprint density at radius 2 is 2.13 bits per heavy atom. The van der Waals surface area contributed by atoms with Crippen LogP contribution in [0.1, 0.15) is 13.3 Å². The van der Waals surface area contributed by atoms with Gasteiger partial charge in [0.2, 0.25) is 0 Å². The SMILES string of the molecule is CC(/C=C/[C@H](O)CO)=C\CC1OCCO1. The summed E-state index contributed by atoms with van der Waals surface area (Å²) in [6, 6.07) is 0. The summed E-state index contributed by atoms with van der Waals surface area (Å²) in [7, 11) is 0. The van der Waals surface area contributed by atoms with E-state index in [-0.39, 0.29) is 12.9 Å². The minimum Gasteiger partial charge on any atom is -0.393 e. The molecule has 2 N–H and O–H groups in total. The highest BCUT2D eigenvalue weighted by Gasteiger charge is 2.13. The van der Waals surface area contributed by atoms with Gasteiger partial charge in [-0.3, -0.25) is 0 Å². The van der Waals surface area contributed by atoms with Crippen LogP contribution in [0.15, 0.2) is 23.8 Å². The van der Waals surface area contributed by atoms with Crippen molar-refractivity contribution < 1.29 is 19.7 Å². The summed E-state index contributed by atoms with van der Waals surface area (Å²) in [5, 5.41) is 17.7. The molecular formula is C11H18O4. The molecular weight excluding hydrogens is 196 g/mol. The topological polar surface area (TPSA) is 58.9 Å². The second-order valence-corrected chi connectivity index (χ2v) is 3.46. The number of aliphatic hydroxyl groups excluding tert-OH is 2. The monoisotopic (exact) mass is 214 g/mol. The zero-order chi connectivity index (χ0) is 11.1. The Balaban J connectivity index is 2.28. The third kappa shape index (κ3) is 5.09. The van der Waals surface area contributed by atoms with E-state index in [4.69, 9.17) is 19.7 Å². The Hall–Kier alpha value is -0.680. The Morgan fingerprint density at radius 3 is 2.73 bits per heavy atom. The van der Waals surface area contributed by atoms with Crippen molar-refractivity contribution in [2.45, 2.75) is 25.7 Å². The highest BCUT2D eigenvalue weighted by atomic mass is 16.7. The van der Waals surface area contributed by atoms with E-state index in [1.54, 1.807) is 12.2 Å². The molecule has 1 aliphatic heterocycles. The summed E-state index contributed by atoms with van der Waals surface area (Å²) in [4.78, 5) is 0. The predicted octanol–water partition coefficient (Wildman–Crippen LogP) is 0.605. The van der Waals surface area contributed by atoms with Crippen molar-refractivity contribution in [3.05, 3.63) is 23.8 Å². The highest BCUT2D eigenvalue weighted by Crippen LogP contribution is 2.10. The van der Waals surface area contributed by atoms with Crippen LogP contribution >= 0.6 is 0 Å². The van der Waals surface area contributed by atoms with Gasteiger partial charge in [0, 0.05) is 6.42 Å². The van der Waals surface area contributed by atoms with Crippen LogP contribution in [0.25, 0.3) is 0 Å². The van der Waals surface area contributed by atoms with Gasteiger partial charge in [-0.2, -0.15) is 0 Å². The van der Waals surface area contributed by atoms with Crippen molar-refractivity contribution in [2.24, 2.45) is 0 Å². The average molecular weight is 214 g/mol. The smallest absolute Gasteiger partial charge is 0.161 e. The molecule has 0 aromatic carbocycles. The minimum absolute atomic E-state index is 0.129. The number of ether oxygens (including phenoxy) is 2. The standard InChI is InChI=1S/C11H18O4/c1-9(2-4-10(13)8-12)3-5-11-14-6-7-15-11/h2-4,10-13H,5-8H2,1H3/b4-2+,9-3+/t10-/m0/s1. The molecule has 1 saturated heterocycles. The van der Waals surface area contributed by atoms with E-state index in [0.717, 1.165) is 5.57 Å². The molecule has 0 amide bonds. The van der Waals surface area contributed by atoms with Crippen LogP contribution in [0, 0.1) is 0 Å². The van der Waals surface area contributed by atoms with Crippen molar-refractivity contribution in [3.8, 4) is 0 Å². The predicted molar refractivity (Wildman–Crippen MR) is 56.3 cm³/mol. The fourth-order valence-electron chi connectivity index (χ4n) is 1.22. The van der Waals surface area contributed by atoms with Crippen molar-refractivity contribution in [1.29, 1.82) is 0 Å². The van der Waals surface area contributed by atoms with Crippen LogP contribution in [0.2, 0.25) is 0 Å². The first kappa shape index (κ1) is 12.4. The molecule has 0 aromatic rings. The van der Waals surface area contributed by atoms with Gasteiger partial charge in [0.05, 0.1) is 25.9 Å². The van der Waals surface area contributed by atoms with Crippen LogP contribution in [-0.2, 0) is 9.47 Å². The van der Waals surface area contributed by atoms with Gasteiger partial charge in [-0.1, -0.05) is 23.8 Å². The molecule has 1 atom stereocenters. The maximum absolute atomic E-state index is 9.07. The third-order valence-electron chi connectivity index (χ3n) is 2.09. The maximum Gasteiger partial charge on any atom is 0.161 e. The molecule has 1 aliphatic rings. The molecule has 1 rings (SSSR count). The van der Waals surface area contributed by atoms with E-state index in [2.05, 4.69) is 0 Å². The number of hydrogen-bond acceptors (Lipinski definition) is 4. The molecule has 4 heteroatoms. The third-order valence-corrected chi connectivity index (χ3v) is 2.09.